The second kappa shape index (κ2) is 35.6. The Morgan fingerprint density at radius 3 is 0.676 bits per heavy atom. The molecule has 0 radical (unpaired) electrons. The third-order valence-electron chi connectivity index (χ3n) is 19.3. The van der Waals surface area contributed by atoms with Gasteiger partial charge in [-0.1, -0.05) is 0 Å². The van der Waals surface area contributed by atoms with Gasteiger partial charge in [-0.3, -0.25) is 0 Å². The van der Waals surface area contributed by atoms with Gasteiger partial charge in [0, 0.05) is 0 Å². The van der Waals surface area contributed by atoms with E-state index in [4.69, 9.17) is 156 Å². The van der Waals surface area contributed by atoms with E-state index < -0.39 is 187 Å². The molecule has 12 heterocycles. The third kappa shape index (κ3) is 22.6. The highest BCUT2D eigenvalue weighted by Gasteiger charge is 2.63. The van der Waals surface area contributed by atoms with Crippen molar-refractivity contribution in [3.63, 3.8) is 0 Å². The average Bonchev–Trinajstić information content (AvgIpc) is 1.67. The van der Waals surface area contributed by atoms with Crippen LogP contribution in [0, 0.1) is 0 Å². The summed E-state index contributed by atoms with van der Waals surface area (Å²) in [5.41, 5.74) is 0. The average molecular weight is 1520 g/mol. The van der Waals surface area contributed by atoms with Crippen molar-refractivity contribution >= 4 is 0 Å². The Balaban J connectivity index is 0.596. The molecule has 12 rings (SSSR count). The Kier molecular flexibility index (Phi) is 28.1. The number of ether oxygens (including phenoxy) is 33. The van der Waals surface area contributed by atoms with E-state index in [1.807, 2.05) is 111 Å². The normalized spacial score (nSPS) is 38.4. The first-order valence-corrected chi connectivity index (χ1v) is 37.5. The van der Waals surface area contributed by atoms with Gasteiger partial charge in [0.1, 0.15) is 116 Å². The first kappa shape index (κ1) is 83.1. The fraction of sp³-hybridized carbons (Fsp3) is 1.00. The van der Waals surface area contributed by atoms with Crippen molar-refractivity contribution in [3.8, 4) is 0 Å². The zero-order valence-corrected chi connectivity index (χ0v) is 64.2. The maximum absolute atomic E-state index is 9.76. The molecule has 34 heteroatoms. The summed E-state index contributed by atoms with van der Waals surface area (Å²) in [4.78, 5) is 0. The summed E-state index contributed by atoms with van der Waals surface area (Å²) in [7, 11) is 0. The minimum atomic E-state index is -0.876. The van der Waals surface area contributed by atoms with E-state index in [0.717, 1.165) is 0 Å². The number of fused-ring (bicyclic) bond motifs is 12. The van der Waals surface area contributed by atoms with E-state index in [0.29, 0.717) is 26.4 Å². The monoisotopic (exact) mass is 1520 g/mol. The van der Waals surface area contributed by atoms with Crippen LogP contribution in [0.4, 0.5) is 0 Å². The standard InChI is InChI=1S/C71H120O34/c1-64(2)86-37-44-48(94-64)52-56(102-68(9,10)98-52)60(90-44)82-27-21-75-33-42(34-76-22-28-83-61-57-53(99-69(11,12)103-57)49-45(91-61)38-87-65(3,4)95-49)80-25-19-73-31-41(79-18-17-72)32-74-20-26-81-43(35-77-23-29-84-62-58-54(100-70(13,14)104-58)50-46(92-62)39-88-66(5,6)96-50)36-78-24-30-85-63-59-55(101-71(15,16)105-59)51-47(93-63)40-89-67(7,8)97-51/h41-63,72H,17-40H2,1-16H3/t44-,45-,46-,47-,48-,49-,50-,51-,52+,53+,54+,55+,56+,57+,58+,59+,60+,61+,62+,63+/m1/s1. The highest BCUT2D eigenvalue weighted by Crippen LogP contribution is 2.47. The molecule has 0 unspecified atom stereocenters. The van der Waals surface area contributed by atoms with Crippen LogP contribution >= 0.6 is 0 Å². The lowest BCUT2D eigenvalue weighted by Gasteiger charge is -2.48. The second-order valence-electron chi connectivity index (χ2n) is 31.7. The first-order valence-electron chi connectivity index (χ1n) is 37.5. The first-order chi connectivity index (χ1) is 49.8. The summed E-state index contributed by atoms with van der Waals surface area (Å²) in [5.74, 6) is -6.73. The van der Waals surface area contributed by atoms with Crippen LogP contribution in [0.25, 0.3) is 0 Å². The maximum Gasteiger partial charge on any atom is 0.187 e. The Morgan fingerprint density at radius 2 is 0.448 bits per heavy atom. The summed E-state index contributed by atoms with van der Waals surface area (Å²) in [6.07, 6.45) is -11.9. The number of hydrogen-bond acceptors (Lipinski definition) is 34. The molecule has 0 aliphatic carbocycles. The number of aliphatic hydroxyl groups is 1. The summed E-state index contributed by atoms with van der Waals surface area (Å²) in [5, 5.41) is 9.76. The Morgan fingerprint density at radius 1 is 0.248 bits per heavy atom. The van der Waals surface area contributed by atoms with Gasteiger partial charge in [0.2, 0.25) is 0 Å². The molecule has 12 aliphatic rings. The molecule has 1 N–H and O–H groups in total. The molecule has 12 fully saturated rings. The molecule has 34 nitrogen and oxygen atoms in total. The van der Waals surface area contributed by atoms with Crippen LogP contribution in [0.15, 0.2) is 0 Å². The van der Waals surface area contributed by atoms with Crippen molar-refractivity contribution in [1.29, 1.82) is 0 Å². The smallest absolute Gasteiger partial charge is 0.187 e. The van der Waals surface area contributed by atoms with E-state index in [2.05, 4.69) is 0 Å². The molecule has 20 atom stereocenters. The molecule has 0 aromatic rings. The van der Waals surface area contributed by atoms with Gasteiger partial charge in [-0.25, -0.2) is 0 Å². The van der Waals surface area contributed by atoms with Crippen molar-refractivity contribution in [2.45, 2.75) is 298 Å². The van der Waals surface area contributed by atoms with Crippen molar-refractivity contribution < 1.29 is 161 Å². The molecular formula is C71H120O34. The van der Waals surface area contributed by atoms with Gasteiger partial charge in [0.15, 0.2) is 71.5 Å². The summed E-state index contributed by atoms with van der Waals surface area (Å²) >= 11 is 0. The predicted molar refractivity (Wildman–Crippen MR) is 355 cm³/mol. The van der Waals surface area contributed by atoms with Crippen molar-refractivity contribution in [1.82, 2.24) is 0 Å². The predicted octanol–water partition coefficient (Wildman–Crippen LogP) is 2.89. The minimum absolute atomic E-state index is 0.0629. The van der Waals surface area contributed by atoms with Crippen molar-refractivity contribution in [3.05, 3.63) is 0 Å². The molecule has 105 heavy (non-hydrogen) atoms. The molecule has 0 amide bonds. The quantitative estimate of drug-likeness (QED) is 0.0865. The molecule has 0 aromatic carbocycles. The zero-order valence-electron chi connectivity index (χ0n) is 64.2. The van der Waals surface area contributed by atoms with E-state index in [-0.39, 0.29) is 132 Å². The van der Waals surface area contributed by atoms with Gasteiger partial charge >= 0.3 is 0 Å². The molecule has 0 bridgehead atoms. The van der Waals surface area contributed by atoms with Gasteiger partial charge in [0.05, 0.1) is 159 Å². The lowest BCUT2D eigenvalue weighted by Crippen LogP contribution is -2.64. The molecule has 12 saturated heterocycles. The molecule has 0 aromatic heterocycles. The van der Waals surface area contributed by atoms with E-state index in [1.165, 1.54) is 0 Å². The van der Waals surface area contributed by atoms with Gasteiger partial charge in [-0.2, -0.15) is 0 Å². The minimum Gasteiger partial charge on any atom is -0.394 e. The lowest BCUT2D eigenvalue weighted by atomic mass is 9.97. The largest absolute Gasteiger partial charge is 0.394 e. The molecule has 12 aliphatic heterocycles. The highest BCUT2D eigenvalue weighted by atomic mass is 16.9. The maximum atomic E-state index is 9.76. The van der Waals surface area contributed by atoms with Crippen LogP contribution in [0.2, 0.25) is 0 Å². The van der Waals surface area contributed by atoms with Gasteiger partial charge in [-0.15, -0.1) is 0 Å². The highest BCUT2D eigenvalue weighted by molar-refractivity contribution is 5.03. The topological polar surface area (TPSA) is 325 Å². The van der Waals surface area contributed by atoms with Gasteiger partial charge < -0.3 is 161 Å². The third-order valence-corrected chi connectivity index (χ3v) is 19.3. The van der Waals surface area contributed by atoms with Crippen LogP contribution in [0.5, 0.6) is 0 Å². The fourth-order valence-electron chi connectivity index (χ4n) is 14.9. The van der Waals surface area contributed by atoms with Crippen LogP contribution < -0.4 is 0 Å². The van der Waals surface area contributed by atoms with Gasteiger partial charge in [0.25, 0.3) is 0 Å². The zero-order chi connectivity index (χ0) is 74.6. The van der Waals surface area contributed by atoms with Crippen LogP contribution in [0.1, 0.15) is 111 Å². The van der Waals surface area contributed by atoms with Gasteiger partial charge in [-0.05, 0) is 111 Å². The Hall–Kier alpha value is -1.36. The number of rotatable bonds is 39. The molecule has 608 valence electrons. The van der Waals surface area contributed by atoms with Crippen molar-refractivity contribution in [2.75, 3.05) is 159 Å². The second-order valence-corrected chi connectivity index (χ2v) is 31.7. The van der Waals surface area contributed by atoms with E-state index in [9.17, 15) is 5.11 Å². The number of aliphatic hydroxyl groups excluding tert-OH is 1. The SMILES string of the molecule is CC1(C)O[C@@H]2[C@H](O1)[C@@H](OCCOCC(COCCO[C@H]1O[C@@H]3COC(C)(C)O[C@H]3[C@@H]3OC(C)(C)O[C@H]13)OCCOCC(COCCOC(COCCO[C@H]1O[C@@H]3COC(C)(C)O[C@H]3[C@@H]3OC(C)(C)O[C@H]13)COCCO[C@H]1O[C@@H]3COC(C)(C)O[C@H]3[C@@H]3OC(C)(C)O[C@H]13)OCCO)O[C@@H]1COC(C)(C)O[C@@H]21. The van der Waals surface area contributed by atoms with E-state index >= 15 is 0 Å². The van der Waals surface area contributed by atoms with Crippen molar-refractivity contribution in [2.24, 2.45) is 0 Å². The Labute approximate surface area is 616 Å². The fourth-order valence-corrected chi connectivity index (χ4v) is 14.9. The summed E-state index contributed by atoms with van der Waals surface area (Å²) in [6, 6.07) is 0. The molecular weight excluding hydrogens is 1400 g/mol. The van der Waals surface area contributed by atoms with Crippen LogP contribution in [-0.4, -0.2) is 351 Å². The number of hydrogen-bond donors (Lipinski definition) is 1. The molecule has 0 spiro atoms. The molecule has 0 saturated carbocycles. The van der Waals surface area contributed by atoms with Crippen LogP contribution in [-0.2, 0) is 156 Å². The Bertz CT molecular complexity index is 2330. The summed E-state index contributed by atoms with van der Waals surface area (Å²) in [6.45, 7) is 33.8. The van der Waals surface area contributed by atoms with Crippen LogP contribution in [0.3, 0.4) is 0 Å². The lowest BCUT2D eigenvalue weighted by molar-refractivity contribution is -0.371. The summed E-state index contributed by atoms with van der Waals surface area (Å²) < 4.78 is 205. The van der Waals surface area contributed by atoms with E-state index in [1.54, 1.807) is 0 Å².